The molecule has 0 radical (unpaired) electrons. The maximum absolute atomic E-state index is 12.8. The number of sulfonamides is 1. The zero-order valence-corrected chi connectivity index (χ0v) is 17.2. The zero-order valence-electron chi connectivity index (χ0n) is 16.4. The molecule has 4 aromatic rings. The Labute approximate surface area is 176 Å². The van der Waals surface area contributed by atoms with E-state index >= 15 is 0 Å². The number of para-hydroxylation sites is 2. The average Bonchev–Trinajstić information content (AvgIpc) is 3.30. The van der Waals surface area contributed by atoms with Crippen LogP contribution in [0.25, 0.3) is 11.1 Å². The number of anilines is 1. The molecule has 0 fully saturated rings. The standard InChI is InChI=1S/C20H18N4O6S/c1-23-16-8-15(6-7-17(16)30-20(23)25)31(26,27)22-13-9-21-24(10-13)11-14-12-28-18-4-2-3-5-19(18)29-14/h2-10,14,22H,11-12H2,1H3. The molecule has 2 aromatic heterocycles. The minimum Gasteiger partial charge on any atom is -0.486 e. The third-order valence-corrected chi connectivity index (χ3v) is 6.30. The highest BCUT2D eigenvalue weighted by molar-refractivity contribution is 7.92. The molecule has 1 atom stereocenters. The van der Waals surface area contributed by atoms with Crippen molar-refractivity contribution in [3.8, 4) is 11.5 Å². The third-order valence-electron chi connectivity index (χ3n) is 4.92. The van der Waals surface area contributed by atoms with Gasteiger partial charge in [0.25, 0.3) is 10.0 Å². The minimum absolute atomic E-state index is 0.00442. The molecule has 0 spiro atoms. The summed E-state index contributed by atoms with van der Waals surface area (Å²) in [7, 11) is -2.38. The molecule has 11 heteroatoms. The lowest BCUT2D eigenvalue weighted by Gasteiger charge is -2.26. The summed E-state index contributed by atoms with van der Waals surface area (Å²) < 4.78 is 47.5. The number of hydrogen-bond acceptors (Lipinski definition) is 7. The Bertz CT molecular complexity index is 1440. The van der Waals surface area contributed by atoms with Gasteiger partial charge in [-0.2, -0.15) is 5.10 Å². The smallest absolute Gasteiger partial charge is 0.419 e. The molecule has 1 N–H and O–H groups in total. The summed E-state index contributed by atoms with van der Waals surface area (Å²) in [4.78, 5) is 11.6. The summed E-state index contributed by atoms with van der Waals surface area (Å²) in [5.41, 5.74) is 1.01. The number of hydrogen-bond donors (Lipinski definition) is 1. The van der Waals surface area contributed by atoms with Crippen LogP contribution in [0.2, 0.25) is 0 Å². The molecule has 31 heavy (non-hydrogen) atoms. The summed E-state index contributed by atoms with van der Waals surface area (Å²) in [6.07, 6.45) is 2.73. The maximum atomic E-state index is 12.8. The van der Waals surface area contributed by atoms with E-state index in [1.54, 1.807) is 10.9 Å². The van der Waals surface area contributed by atoms with Crippen molar-refractivity contribution in [2.45, 2.75) is 17.5 Å². The molecular weight excluding hydrogens is 424 g/mol. The Morgan fingerprint density at radius 3 is 2.84 bits per heavy atom. The fourth-order valence-electron chi connectivity index (χ4n) is 3.37. The molecule has 3 heterocycles. The van der Waals surface area contributed by atoms with E-state index in [2.05, 4.69) is 9.82 Å². The van der Waals surface area contributed by atoms with Crippen LogP contribution >= 0.6 is 0 Å². The second-order valence-corrected chi connectivity index (χ2v) is 8.79. The van der Waals surface area contributed by atoms with E-state index < -0.39 is 15.8 Å². The number of fused-ring (bicyclic) bond motifs is 2. The van der Waals surface area contributed by atoms with E-state index in [0.717, 1.165) is 0 Å². The highest BCUT2D eigenvalue weighted by Crippen LogP contribution is 2.31. The Kier molecular flexibility index (Phi) is 4.47. The summed E-state index contributed by atoms with van der Waals surface area (Å²) in [6.45, 7) is 0.751. The van der Waals surface area contributed by atoms with Crippen LogP contribution in [-0.2, 0) is 23.6 Å². The lowest BCUT2D eigenvalue weighted by molar-refractivity contribution is 0.0759. The number of benzene rings is 2. The Hall–Kier alpha value is -3.73. The Morgan fingerprint density at radius 2 is 2.00 bits per heavy atom. The summed E-state index contributed by atoms with van der Waals surface area (Å²) in [5.74, 6) is 0.797. The molecule has 160 valence electrons. The van der Waals surface area contributed by atoms with E-state index in [1.807, 2.05) is 24.3 Å². The van der Waals surface area contributed by atoms with Crippen molar-refractivity contribution in [3.63, 3.8) is 0 Å². The van der Waals surface area contributed by atoms with Crippen LogP contribution in [0.5, 0.6) is 11.5 Å². The van der Waals surface area contributed by atoms with Crippen LogP contribution in [0.4, 0.5) is 5.69 Å². The van der Waals surface area contributed by atoms with E-state index in [4.69, 9.17) is 13.9 Å². The molecule has 0 aliphatic carbocycles. The molecular formula is C20H18N4O6S. The van der Waals surface area contributed by atoms with Crippen LogP contribution < -0.4 is 20.0 Å². The molecule has 2 aromatic carbocycles. The van der Waals surface area contributed by atoms with E-state index in [9.17, 15) is 13.2 Å². The van der Waals surface area contributed by atoms with Gasteiger partial charge in [0.15, 0.2) is 23.2 Å². The summed E-state index contributed by atoms with van der Waals surface area (Å²) in [5, 5.41) is 4.21. The zero-order chi connectivity index (χ0) is 21.6. The van der Waals surface area contributed by atoms with Gasteiger partial charge >= 0.3 is 5.76 Å². The molecule has 5 rings (SSSR count). The van der Waals surface area contributed by atoms with E-state index in [1.165, 1.54) is 36.0 Å². The number of nitrogens with zero attached hydrogens (tertiary/aromatic N) is 3. The van der Waals surface area contributed by atoms with Crippen molar-refractivity contribution in [2.75, 3.05) is 11.3 Å². The van der Waals surface area contributed by atoms with Crippen LogP contribution in [0.1, 0.15) is 0 Å². The van der Waals surface area contributed by atoms with Crippen molar-refractivity contribution in [2.24, 2.45) is 7.05 Å². The van der Waals surface area contributed by atoms with Gasteiger partial charge in [-0.15, -0.1) is 0 Å². The number of aromatic nitrogens is 3. The number of nitrogens with one attached hydrogen (secondary N) is 1. The van der Waals surface area contributed by atoms with E-state index in [0.29, 0.717) is 41.4 Å². The molecule has 10 nitrogen and oxygen atoms in total. The molecule has 0 saturated heterocycles. The maximum Gasteiger partial charge on any atom is 0.419 e. The van der Waals surface area contributed by atoms with Gasteiger partial charge in [-0.3, -0.25) is 14.0 Å². The van der Waals surface area contributed by atoms with Gasteiger partial charge in [0, 0.05) is 13.2 Å². The fraction of sp³-hybridized carbons (Fsp3) is 0.200. The molecule has 0 saturated carbocycles. The fourth-order valence-corrected chi connectivity index (χ4v) is 4.41. The lowest BCUT2D eigenvalue weighted by Crippen LogP contribution is -2.33. The first-order chi connectivity index (χ1) is 14.9. The second-order valence-electron chi connectivity index (χ2n) is 7.11. The highest BCUT2D eigenvalue weighted by Gasteiger charge is 2.22. The van der Waals surface area contributed by atoms with Gasteiger partial charge in [0.2, 0.25) is 0 Å². The Balaban J connectivity index is 1.31. The third kappa shape index (κ3) is 3.63. The van der Waals surface area contributed by atoms with Crippen molar-refractivity contribution < 1.29 is 22.3 Å². The normalized spacial score (nSPS) is 15.8. The number of ether oxygens (including phenoxy) is 2. The van der Waals surface area contributed by atoms with Crippen LogP contribution in [-0.4, -0.2) is 35.5 Å². The Morgan fingerprint density at radius 1 is 1.19 bits per heavy atom. The first-order valence-electron chi connectivity index (χ1n) is 9.42. The molecule has 1 unspecified atom stereocenters. The van der Waals surface area contributed by atoms with Gasteiger partial charge in [-0.1, -0.05) is 12.1 Å². The quantitative estimate of drug-likeness (QED) is 0.502. The first-order valence-corrected chi connectivity index (χ1v) is 10.9. The van der Waals surface area contributed by atoms with Gasteiger partial charge < -0.3 is 13.9 Å². The lowest BCUT2D eigenvalue weighted by atomic mass is 10.2. The first kappa shape index (κ1) is 19.2. The minimum atomic E-state index is -3.89. The van der Waals surface area contributed by atoms with Crippen molar-refractivity contribution in [3.05, 3.63) is 65.4 Å². The molecule has 0 amide bonds. The van der Waals surface area contributed by atoms with Gasteiger partial charge in [0.1, 0.15) is 6.61 Å². The average molecular weight is 442 g/mol. The second kappa shape index (κ2) is 7.20. The van der Waals surface area contributed by atoms with Crippen LogP contribution in [0.15, 0.2) is 69.0 Å². The predicted molar refractivity (Wildman–Crippen MR) is 111 cm³/mol. The number of oxazole rings is 1. The van der Waals surface area contributed by atoms with Crippen LogP contribution in [0.3, 0.4) is 0 Å². The molecule has 1 aliphatic heterocycles. The number of rotatable bonds is 5. The topological polar surface area (TPSA) is 118 Å². The van der Waals surface area contributed by atoms with Crippen molar-refractivity contribution in [1.29, 1.82) is 0 Å². The molecule has 1 aliphatic rings. The van der Waals surface area contributed by atoms with E-state index in [-0.39, 0.29) is 11.0 Å². The van der Waals surface area contributed by atoms with Crippen LogP contribution in [0, 0.1) is 0 Å². The molecule has 0 bridgehead atoms. The van der Waals surface area contributed by atoms with Gasteiger partial charge in [-0.05, 0) is 30.3 Å². The largest absolute Gasteiger partial charge is 0.486 e. The monoisotopic (exact) mass is 442 g/mol. The van der Waals surface area contributed by atoms with Gasteiger partial charge in [-0.25, -0.2) is 13.2 Å². The summed E-state index contributed by atoms with van der Waals surface area (Å²) in [6, 6.07) is 11.6. The highest BCUT2D eigenvalue weighted by atomic mass is 32.2. The SMILES string of the molecule is Cn1c(=O)oc2ccc(S(=O)(=O)Nc3cnn(CC4COc5ccccc5O4)c3)cc21. The summed E-state index contributed by atoms with van der Waals surface area (Å²) >= 11 is 0. The predicted octanol–water partition coefficient (Wildman–Crippen LogP) is 1.97. The number of aryl methyl sites for hydroxylation is 1. The van der Waals surface area contributed by atoms with Crippen molar-refractivity contribution in [1.82, 2.24) is 14.3 Å². The van der Waals surface area contributed by atoms with Crippen molar-refractivity contribution >= 4 is 26.8 Å². The van der Waals surface area contributed by atoms with Gasteiger partial charge in [0.05, 0.1) is 28.8 Å².